The maximum Gasteiger partial charge on any atom is 0.255 e. The molecule has 16 heavy (non-hydrogen) atoms. The van der Waals surface area contributed by atoms with Crippen LogP contribution < -0.4 is 0 Å². The van der Waals surface area contributed by atoms with E-state index in [-0.39, 0.29) is 11.7 Å². The SMILES string of the molecule is Cc1cc(F)ccc1-c1noc(C(C)O)n1. The first kappa shape index (κ1) is 10.8. The third-order valence-corrected chi connectivity index (χ3v) is 2.23. The Kier molecular flexibility index (Phi) is 2.70. The summed E-state index contributed by atoms with van der Waals surface area (Å²) in [5.74, 6) is 0.201. The average molecular weight is 222 g/mol. The lowest BCUT2D eigenvalue weighted by molar-refractivity contribution is 0.152. The molecule has 1 N–H and O–H groups in total. The topological polar surface area (TPSA) is 59.2 Å². The normalized spacial score (nSPS) is 12.8. The van der Waals surface area contributed by atoms with Crippen molar-refractivity contribution in [1.29, 1.82) is 0 Å². The highest BCUT2D eigenvalue weighted by Gasteiger charge is 2.14. The van der Waals surface area contributed by atoms with Gasteiger partial charge in [0.25, 0.3) is 5.89 Å². The van der Waals surface area contributed by atoms with Crippen LogP contribution in [0.5, 0.6) is 0 Å². The molecule has 0 saturated carbocycles. The van der Waals surface area contributed by atoms with E-state index < -0.39 is 6.10 Å². The molecule has 84 valence electrons. The number of aliphatic hydroxyl groups is 1. The fourth-order valence-electron chi connectivity index (χ4n) is 1.39. The molecule has 1 atom stereocenters. The zero-order valence-electron chi connectivity index (χ0n) is 8.94. The molecule has 1 unspecified atom stereocenters. The molecule has 1 aromatic heterocycles. The second kappa shape index (κ2) is 4.02. The van der Waals surface area contributed by atoms with Crippen LogP contribution in [0.3, 0.4) is 0 Å². The molecular formula is C11H11FN2O2. The first-order valence-corrected chi connectivity index (χ1v) is 4.86. The molecule has 0 aliphatic heterocycles. The molecule has 2 aromatic rings. The van der Waals surface area contributed by atoms with Crippen LogP contribution in [0, 0.1) is 12.7 Å². The van der Waals surface area contributed by atoms with E-state index in [1.54, 1.807) is 13.0 Å². The smallest absolute Gasteiger partial charge is 0.255 e. The van der Waals surface area contributed by atoms with Crippen molar-refractivity contribution < 1.29 is 14.0 Å². The van der Waals surface area contributed by atoms with Crippen LogP contribution in [0.2, 0.25) is 0 Å². The van der Waals surface area contributed by atoms with E-state index in [9.17, 15) is 9.50 Å². The largest absolute Gasteiger partial charge is 0.384 e. The summed E-state index contributed by atoms with van der Waals surface area (Å²) in [4.78, 5) is 4.02. The summed E-state index contributed by atoms with van der Waals surface area (Å²) < 4.78 is 17.8. The minimum absolute atomic E-state index is 0.152. The molecule has 0 amide bonds. The average Bonchev–Trinajstić information content (AvgIpc) is 2.66. The van der Waals surface area contributed by atoms with Crippen LogP contribution in [-0.4, -0.2) is 15.2 Å². The molecule has 0 spiro atoms. The van der Waals surface area contributed by atoms with Gasteiger partial charge >= 0.3 is 0 Å². The summed E-state index contributed by atoms with van der Waals surface area (Å²) in [5.41, 5.74) is 1.41. The van der Waals surface area contributed by atoms with Crippen molar-refractivity contribution in [2.45, 2.75) is 20.0 Å². The van der Waals surface area contributed by atoms with E-state index in [4.69, 9.17) is 4.52 Å². The Morgan fingerprint density at radius 1 is 1.44 bits per heavy atom. The number of aryl methyl sites for hydroxylation is 1. The van der Waals surface area contributed by atoms with E-state index in [2.05, 4.69) is 10.1 Å². The molecule has 0 radical (unpaired) electrons. The van der Waals surface area contributed by atoms with Crippen molar-refractivity contribution >= 4 is 0 Å². The van der Waals surface area contributed by atoms with Crippen molar-refractivity contribution in [1.82, 2.24) is 10.1 Å². The number of aliphatic hydroxyl groups excluding tert-OH is 1. The van der Waals surface area contributed by atoms with Crippen molar-refractivity contribution in [2.75, 3.05) is 0 Å². The number of benzene rings is 1. The molecule has 5 heteroatoms. The van der Waals surface area contributed by atoms with Gasteiger partial charge in [-0.1, -0.05) is 5.16 Å². The second-order valence-corrected chi connectivity index (χ2v) is 3.59. The Morgan fingerprint density at radius 3 is 2.75 bits per heavy atom. The van der Waals surface area contributed by atoms with Gasteiger partial charge in [0.2, 0.25) is 5.82 Å². The molecule has 1 heterocycles. The Balaban J connectivity index is 2.42. The Labute approximate surface area is 91.7 Å². The number of hydrogen-bond acceptors (Lipinski definition) is 4. The van der Waals surface area contributed by atoms with Crippen LogP contribution >= 0.6 is 0 Å². The van der Waals surface area contributed by atoms with Crippen LogP contribution in [0.4, 0.5) is 4.39 Å². The molecule has 0 fully saturated rings. The Morgan fingerprint density at radius 2 is 2.19 bits per heavy atom. The molecule has 1 aromatic carbocycles. The van der Waals surface area contributed by atoms with Gasteiger partial charge in [0, 0.05) is 5.56 Å². The predicted molar refractivity (Wildman–Crippen MR) is 55.1 cm³/mol. The third-order valence-electron chi connectivity index (χ3n) is 2.23. The van der Waals surface area contributed by atoms with Crippen LogP contribution in [-0.2, 0) is 0 Å². The quantitative estimate of drug-likeness (QED) is 0.846. The lowest BCUT2D eigenvalue weighted by atomic mass is 10.1. The molecule has 0 aliphatic carbocycles. The number of nitrogens with zero attached hydrogens (tertiary/aromatic N) is 2. The minimum Gasteiger partial charge on any atom is -0.384 e. The van der Waals surface area contributed by atoms with Gasteiger partial charge in [0.15, 0.2) is 0 Å². The zero-order valence-corrected chi connectivity index (χ0v) is 8.94. The van der Waals surface area contributed by atoms with Crippen LogP contribution in [0.15, 0.2) is 22.7 Å². The predicted octanol–water partition coefficient (Wildman–Crippen LogP) is 2.24. The van der Waals surface area contributed by atoms with Gasteiger partial charge in [-0.25, -0.2) is 4.39 Å². The molecule has 0 aliphatic rings. The van der Waals surface area contributed by atoms with E-state index in [1.165, 1.54) is 19.1 Å². The van der Waals surface area contributed by atoms with Crippen LogP contribution in [0.1, 0.15) is 24.5 Å². The Bertz CT molecular complexity index is 508. The summed E-state index contributed by atoms with van der Waals surface area (Å²) >= 11 is 0. The summed E-state index contributed by atoms with van der Waals surface area (Å²) in [6.45, 7) is 3.30. The molecule has 2 rings (SSSR count). The summed E-state index contributed by atoms with van der Waals surface area (Å²) in [6.07, 6.45) is -0.804. The van der Waals surface area contributed by atoms with E-state index in [0.717, 1.165) is 5.56 Å². The van der Waals surface area contributed by atoms with Crippen LogP contribution in [0.25, 0.3) is 11.4 Å². The number of rotatable bonds is 2. The minimum atomic E-state index is -0.804. The van der Waals surface area contributed by atoms with Crippen molar-refractivity contribution in [3.8, 4) is 11.4 Å². The summed E-state index contributed by atoms with van der Waals surface area (Å²) in [6, 6.07) is 4.32. The standard InChI is InChI=1S/C11H11FN2O2/c1-6-5-8(12)3-4-9(6)10-13-11(7(2)15)16-14-10/h3-5,7,15H,1-2H3. The van der Waals surface area contributed by atoms with Crippen molar-refractivity contribution in [3.63, 3.8) is 0 Å². The number of aromatic nitrogens is 2. The maximum absolute atomic E-state index is 12.9. The van der Waals surface area contributed by atoms with E-state index in [1.807, 2.05) is 0 Å². The first-order chi connectivity index (χ1) is 7.58. The highest BCUT2D eigenvalue weighted by molar-refractivity contribution is 5.59. The number of halogens is 1. The lowest BCUT2D eigenvalue weighted by Gasteiger charge is -1.99. The van der Waals surface area contributed by atoms with E-state index in [0.29, 0.717) is 11.4 Å². The molecule has 0 bridgehead atoms. The van der Waals surface area contributed by atoms with Crippen molar-refractivity contribution in [2.24, 2.45) is 0 Å². The highest BCUT2D eigenvalue weighted by Crippen LogP contribution is 2.22. The van der Waals surface area contributed by atoms with Gasteiger partial charge in [0.1, 0.15) is 11.9 Å². The summed E-state index contributed by atoms with van der Waals surface area (Å²) in [5, 5.41) is 13.0. The first-order valence-electron chi connectivity index (χ1n) is 4.86. The molecular weight excluding hydrogens is 211 g/mol. The maximum atomic E-state index is 12.9. The third kappa shape index (κ3) is 1.94. The fraction of sp³-hybridized carbons (Fsp3) is 0.273. The lowest BCUT2D eigenvalue weighted by Crippen LogP contribution is -1.91. The monoisotopic (exact) mass is 222 g/mol. The van der Waals surface area contributed by atoms with Gasteiger partial charge in [0.05, 0.1) is 0 Å². The molecule has 4 nitrogen and oxygen atoms in total. The summed E-state index contributed by atoms with van der Waals surface area (Å²) in [7, 11) is 0. The van der Waals surface area contributed by atoms with Gasteiger partial charge < -0.3 is 9.63 Å². The number of hydrogen-bond donors (Lipinski definition) is 1. The van der Waals surface area contributed by atoms with Gasteiger partial charge in [-0.3, -0.25) is 0 Å². The highest BCUT2D eigenvalue weighted by atomic mass is 19.1. The Hall–Kier alpha value is -1.75. The van der Waals surface area contributed by atoms with Gasteiger partial charge in [-0.05, 0) is 37.6 Å². The van der Waals surface area contributed by atoms with Crippen molar-refractivity contribution in [3.05, 3.63) is 35.5 Å². The van der Waals surface area contributed by atoms with E-state index >= 15 is 0 Å². The van der Waals surface area contributed by atoms with Gasteiger partial charge in [-0.15, -0.1) is 0 Å². The zero-order chi connectivity index (χ0) is 11.7. The molecule has 0 saturated heterocycles. The second-order valence-electron chi connectivity index (χ2n) is 3.59. The van der Waals surface area contributed by atoms with Gasteiger partial charge in [-0.2, -0.15) is 4.98 Å². The fourth-order valence-corrected chi connectivity index (χ4v) is 1.39.